The van der Waals surface area contributed by atoms with Crippen LogP contribution in [0.5, 0.6) is 0 Å². The van der Waals surface area contributed by atoms with Crippen molar-refractivity contribution in [1.29, 1.82) is 0 Å². The van der Waals surface area contributed by atoms with E-state index in [1.807, 2.05) is 11.3 Å². The van der Waals surface area contributed by atoms with Crippen molar-refractivity contribution >= 4 is 59.0 Å². The van der Waals surface area contributed by atoms with E-state index in [-0.39, 0.29) is 0 Å². The molecular weight excluding hydrogens is 635 g/mol. The number of para-hydroxylation sites is 2. The Labute approximate surface area is 300 Å². The highest BCUT2D eigenvalue weighted by Crippen LogP contribution is 2.63. The number of benzene rings is 7. The summed E-state index contributed by atoms with van der Waals surface area (Å²) >= 11 is 1.90. The average molecular weight is 666 g/mol. The highest BCUT2D eigenvalue weighted by Gasteiger charge is 2.52. The van der Waals surface area contributed by atoms with Gasteiger partial charge in [0.25, 0.3) is 0 Å². The van der Waals surface area contributed by atoms with Gasteiger partial charge in [-0.3, -0.25) is 0 Å². The molecule has 238 valence electrons. The molecular formula is C49H31NS. The van der Waals surface area contributed by atoms with Crippen LogP contribution in [0.4, 0.5) is 0 Å². The lowest BCUT2D eigenvalue weighted by Gasteiger charge is -2.42. The van der Waals surface area contributed by atoms with E-state index in [0.29, 0.717) is 0 Å². The van der Waals surface area contributed by atoms with Gasteiger partial charge in [0, 0.05) is 36.6 Å². The first-order valence-corrected chi connectivity index (χ1v) is 18.8. The van der Waals surface area contributed by atoms with Gasteiger partial charge in [0.2, 0.25) is 0 Å². The maximum Gasteiger partial charge on any atom is 0.0757 e. The highest BCUT2D eigenvalue weighted by atomic mass is 32.1. The van der Waals surface area contributed by atoms with Gasteiger partial charge in [-0.15, -0.1) is 11.3 Å². The van der Waals surface area contributed by atoms with E-state index in [1.54, 1.807) is 0 Å². The summed E-state index contributed by atoms with van der Waals surface area (Å²) in [4.78, 5) is 0. The van der Waals surface area contributed by atoms with Crippen LogP contribution in [0.15, 0.2) is 169 Å². The summed E-state index contributed by atoms with van der Waals surface area (Å²) in [5, 5.41) is 5.35. The lowest BCUT2D eigenvalue weighted by atomic mass is 9.62. The van der Waals surface area contributed by atoms with Gasteiger partial charge in [0.15, 0.2) is 0 Å². The largest absolute Gasteiger partial charge is 0.312 e. The average Bonchev–Trinajstić information content (AvgIpc) is 3.85. The van der Waals surface area contributed by atoms with Gasteiger partial charge < -0.3 is 4.57 Å². The minimum absolute atomic E-state index is 0.431. The Morgan fingerprint density at radius 3 is 2.08 bits per heavy atom. The summed E-state index contributed by atoms with van der Waals surface area (Å²) < 4.78 is 5.31. The standard InChI is InChI=1S/C49H31NS/c1-4-20-40-34(12-1)37-17-9-15-32(30-26-28-31(29-27-30)33-16-10-19-39-36-14-3-8-25-45(36)51-48(33)39)46(37)49(40)41-21-5-7-24-44(41)50-43-23-6-2-13-35(43)38-18-11-22-42(49)47(38)50/h1-6,8-23,25-29H,7,24H2. The minimum Gasteiger partial charge on any atom is -0.312 e. The van der Waals surface area contributed by atoms with E-state index in [0.717, 1.165) is 12.8 Å². The van der Waals surface area contributed by atoms with E-state index in [2.05, 4.69) is 168 Å². The first kappa shape index (κ1) is 27.8. The molecule has 1 spiro atoms. The van der Waals surface area contributed by atoms with Gasteiger partial charge in [-0.1, -0.05) is 152 Å². The molecule has 0 bridgehead atoms. The van der Waals surface area contributed by atoms with E-state index < -0.39 is 5.41 Å². The SMILES string of the molecule is C1=CC2=C(CC1)n1c3ccccc3c3cccc(c31)C21c2ccccc2-c2cccc(-c3ccc(-c4cccc5c4sc4ccccc45)cc3)c21. The number of thiophene rings is 1. The van der Waals surface area contributed by atoms with Crippen molar-refractivity contribution in [2.75, 3.05) is 0 Å². The highest BCUT2D eigenvalue weighted by molar-refractivity contribution is 7.26. The summed E-state index contributed by atoms with van der Waals surface area (Å²) in [7, 11) is 0. The normalized spacial score (nSPS) is 17.2. The summed E-state index contributed by atoms with van der Waals surface area (Å²) in [6.45, 7) is 0. The van der Waals surface area contributed by atoms with Crippen LogP contribution >= 0.6 is 11.3 Å². The first-order valence-electron chi connectivity index (χ1n) is 18.0. The smallest absolute Gasteiger partial charge is 0.0757 e. The van der Waals surface area contributed by atoms with E-state index in [1.165, 1.54) is 103 Å². The Morgan fingerprint density at radius 2 is 1.16 bits per heavy atom. The number of hydrogen-bond donors (Lipinski definition) is 0. The van der Waals surface area contributed by atoms with Crippen LogP contribution in [0, 0.1) is 0 Å². The molecule has 12 rings (SSSR count). The topological polar surface area (TPSA) is 4.93 Å². The van der Waals surface area contributed by atoms with E-state index in [4.69, 9.17) is 0 Å². The fourth-order valence-electron chi connectivity index (χ4n) is 9.94. The van der Waals surface area contributed by atoms with Crippen LogP contribution in [0.25, 0.3) is 81.1 Å². The number of nitrogens with zero attached hydrogens (tertiary/aromatic N) is 1. The predicted octanol–water partition coefficient (Wildman–Crippen LogP) is 13.4. The molecule has 1 atom stereocenters. The third-order valence-corrected chi connectivity index (χ3v) is 13.1. The predicted molar refractivity (Wildman–Crippen MR) is 217 cm³/mol. The molecule has 0 fully saturated rings. The van der Waals surface area contributed by atoms with Gasteiger partial charge in [-0.25, -0.2) is 0 Å². The fraction of sp³-hybridized carbons (Fsp3) is 0.0612. The zero-order valence-electron chi connectivity index (χ0n) is 27.9. The van der Waals surface area contributed by atoms with E-state index >= 15 is 0 Å². The van der Waals surface area contributed by atoms with Gasteiger partial charge in [-0.2, -0.15) is 0 Å². The van der Waals surface area contributed by atoms with Crippen molar-refractivity contribution in [2.24, 2.45) is 0 Å². The van der Waals surface area contributed by atoms with Gasteiger partial charge >= 0.3 is 0 Å². The van der Waals surface area contributed by atoms with Crippen molar-refractivity contribution in [2.45, 2.75) is 18.3 Å². The number of rotatable bonds is 2. The maximum atomic E-state index is 2.61. The summed E-state index contributed by atoms with van der Waals surface area (Å²) in [5.41, 5.74) is 17.1. The number of hydrogen-bond acceptors (Lipinski definition) is 1. The molecule has 0 N–H and O–H groups in total. The molecule has 1 unspecified atom stereocenters. The molecule has 1 aliphatic heterocycles. The Morgan fingerprint density at radius 1 is 0.510 bits per heavy atom. The van der Waals surface area contributed by atoms with Crippen molar-refractivity contribution in [3.05, 3.63) is 186 Å². The zero-order valence-corrected chi connectivity index (χ0v) is 28.7. The third kappa shape index (κ3) is 3.46. The van der Waals surface area contributed by atoms with Crippen molar-refractivity contribution in [3.63, 3.8) is 0 Å². The number of aromatic nitrogens is 1. The third-order valence-electron chi connectivity index (χ3n) is 11.9. The molecule has 7 aromatic carbocycles. The molecule has 1 nitrogen and oxygen atoms in total. The molecule has 2 aliphatic carbocycles. The molecule has 0 saturated heterocycles. The Bertz CT molecular complexity index is 3020. The molecule has 51 heavy (non-hydrogen) atoms. The molecule has 0 amide bonds. The van der Waals surface area contributed by atoms with Gasteiger partial charge in [0.1, 0.15) is 0 Å². The molecule has 3 heterocycles. The van der Waals surface area contributed by atoms with Crippen LogP contribution < -0.4 is 0 Å². The van der Waals surface area contributed by atoms with Crippen molar-refractivity contribution < 1.29 is 0 Å². The molecule has 2 aromatic heterocycles. The maximum absolute atomic E-state index is 2.61. The monoisotopic (exact) mass is 665 g/mol. The molecule has 3 aliphatic rings. The fourth-order valence-corrected chi connectivity index (χ4v) is 11.2. The van der Waals surface area contributed by atoms with Crippen LogP contribution in [-0.2, 0) is 5.41 Å². The molecule has 2 heteroatoms. The second-order valence-corrected chi connectivity index (χ2v) is 15.3. The second-order valence-electron chi connectivity index (χ2n) is 14.2. The van der Waals surface area contributed by atoms with Crippen LogP contribution in [0.1, 0.15) is 29.5 Å². The number of fused-ring (bicyclic) bond motifs is 14. The molecule has 0 radical (unpaired) electrons. The van der Waals surface area contributed by atoms with Crippen LogP contribution in [-0.4, -0.2) is 4.57 Å². The quantitative estimate of drug-likeness (QED) is 0.173. The summed E-state index contributed by atoms with van der Waals surface area (Å²) in [6, 6.07) is 57.2. The molecule has 0 saturated carbocycles. The van der Waals surface area contributed by atoms with E-state index in [9.17, 15) is 0 Å². The second kappa shape index (κ2) is 10.1. The van der Waals surface area contributed by atoms with Crippen LogP contribution in [0.2, 0.25) is 0 Å². The lowest BCUT2D eigenvalue weighted by molar-refractivity contribution is 0.736. The Kier molecular flexibility index (Phi) is 5.49. The Balaban J connectivity index is 1.14. The zero-order chi connectivity index (χ0) is 33.3. The van der Waals surface area contributed by atoms with Crippen molar-refractivity contribution in [3.8, 4) is 33.4 Å². The van der Waals surface area contributed by atoms with Gasteiger partial charge in [-0.05, 0) is 80.6 Å². The number of allylic oxidation sites excluding steroid dienone is 4. The Hall–Kier alpha value is -5.96. The molecule has 9 aromatic rings. The first-order chi connectivity index (χ1) is 25.3. The summed E-state index contributed by atoms with van der Waals surface area (Å²) in [6.07, 6.45) is 6.94. The summed E-state index contributed by atoms with van der Waals surface area (Å²) in [5.74, 6) is 0. The minimum atomic E-state index is -0.431. The lowest BCUT2D eigenvalue weighted by Crippen LogP contribution is -2.35. The van der Waals surface area contributed by atoms with Crippen LogP contribution in [0.3, 0.4) is 0 Å². The van der Waals surface area contributed by atoms with Crippen molar-refractivity contribution in [1.82, 2.24) is 4.57 Å². The van der Waals surface area contributed by atoms with Gasteiger partial charge in [0.05, 0.1) is 16.4 Å².